The number of nitrogen functional groups attached to an aromatic ring is 1. The van der Waals surface area contributed by atoms with Gasteiger partial charge in [0.1, 0.15) is 0 Å². The van der Waals surface area contributed by atoms with E-state index in [-0.39, 0.29) is 12.1 Å². The summed E-state index contributed by atoms with van der Waals surface area (Å²) in [7, 11) is 0. The highest BCUT2D eigenvalue weighted by Gasteiger charge is 2.43. The Morgan fingerprint density at radius 2 is 2.14 bits per heavy atom. The lowest BCUT2D eigenvalue weighted by Crippen LogP contribution is -2.24. The maximum atomic E-state index is 6.21. The molecule has 0 bridgehead atoms. The van der Waals surface area contributed by atoms with E-state index in [4.69, 9.17) is 10.5 Å². The van der Waals surface area contributed by atoms with Crippen LogP contribution in [0.25, 0.3) is 11.4 Å². The minimum absolute atomic E-state index is 0.224. The Hall–Kier alpha value is -1.95. The molecule has 0 spiro atoms. The summed E-state index contributed by atoms with van der Waals surface area (Å²) in [6.07, 6.45) is 3.72. The van der Waals surface area contributed by atoms with Crippen LogP contribution >= 0.6 is 0 Å². The number of nitrogens with zero attached hydrogens (tertiary/aromatic N) is 4. The molecule has 0 amide bonds. The first-order valence-electron chi connectivity index (χ1n) is 7.50. The van der Waals surface area contributed by atoms with Crippen LogP contribution in [0.2, 0.25) is 0 Å². The van der Waals surface area contributed by atoms with E-state index in [0.29, 0.717) is 5.92 Å². The molecular formula is C15H19N5O. The number of nitrogens with two attached hydrogens (primary N) is 1. The van der Waals surface area contributed by atoms with Gasteiger partial charge in [-0.05, 0) is 54.2 Å². The lowest BCUT2D eigenvalue weighted by molar-refractivity contribution is 0.0725. The van der Waals surface area contributed by atoms with Crippen LogP contribution in [0.3, 0.4) is 0 Å². The molecule has 2 aliphatic rings. The third kappa shape index (κ3) is 2.10. The fourth-order valence-corrected chi connectivity index (χ4v) is 3.21. The summed E-state index contributed by atoms with van der Waals surface area (Å²) in [5.41, 5.74) is 8.90. The minimum atomic E-state index is 0.224. The highest BCUT2D eigenvalue weighted by Crippen LogP contribution is 2.44. The van der Waals surface area contributed by atoms with Crippen molar-refractivity contribution in [1.29, 1.82) is 0 Å². The van der Waals surface area contributed by atoms with Crippen molar-refractivity contribution in [3.8, 4) is 11.4 Å². The van der Waals surface area contributed by atoms with Gasteiger partial charge in [-0.25, -0.2) is 4.68 Å². The van der Waals surface area contributed by atoms with Gasteiger partial charge in [0.05, 0.1) is 12.1 Å². The average Bonchev–Trinajstić information content (AvgIpc) is 3.02. The lowest BCUT2D eigenvalue weighted by atomic mass is 10.0. The van der Waals surface area contributed by atoms with Crippen LogP contribution < -0.4 is 5.73 Å². The third-order valence-corrected chi connectivity index (χ3v) is 4.56. The summed E-state index contributed by atoms with van der Waals surface area (Å²) in [6.45, 7) is 2.78. The summed E-state index contributed by atoms with van der Waals surface area (Å²) in [4.78, 5) is 0. The lowest BCUT2D eigenvalue weighted by Gasteiger charge is -2.19. The van der Waals surface area contributed by atoms with Gasteiger partial charge in [-0.2, -0.15) is 0 Å². The second kappa shape index (κ2) is 4.80. The van der Waals surface area contributed by atoms with Crippen LogP contribution in [0.15, 0.2) is 18.2 Å². The van der Waals surface area contributed by atoms with Crippen molar-refractivity contribution in [2.45, 2.75) is 38.3 Å². The van der Waals surface area contributed by atoms with E-state index in [1.165, 1.54) is 12.8 Å². The van der Waals surface area contributed by atoms with Crippen molar-refractivity contribution in [2.75, 3.05) is 12.3 Å². The normalized spacial score (nSPS) is 25.4. The molecule has 2 fully saturated rings. The predicted octanol–water partition coefficient (Wildman–Crippen LogP) is 1.97. The number of anilines is 1. The van der Waals surface area contributed by atoms with Crippen LogP contribution in [0.1, 0.15) is 30.9 Å². The fraction of sp³-hybridized carbons (Fsp3) is 0.533. The number of tetrazole rings is 1. The van der Waals surface area contributed by atoms with Gasteiger partial charge in [-0.3, -0.25) is 0 Å². The van der Waals surface area contributed by atoms with E-state index >= 15 is 0 Å². The summed E-state index contributed by atoms with van der Waals surface area (Å²) >= 11 is 0. The molecule has 1 aromatic carbocycles. The predicted molar refractivity (Wildman–Crippen MR) is 78.5 cm³/mol. The second-order valence-electron chi connectivity index (χ2n) is 6.01. The number of hydrogen-bond donors (Lipinski definition) is 1. The first-order chi connectivity index (χ1) is 10.3. The molecule has 2 heterocycles. The number of rotatable bonds is 3. The van der Waals surface area contributed by atoms with E-state index in [0.717, 1.165) is 35.7 Å². The van der Waals surface area contributed by atoms with Crippen molar-refractivity contribution in [3.05, 3.63) is 23.8 Å². The zero-order valence-electron chi connectivity index (χ0n) is 12.1. The Kier molecular flexibility index (Phi) is 2.92. The van der Waals surface area contributed by atoms with Gasteiger partial charge in [0.2, 0.25) is 0 Å². The summed E-state index contributed by atoms with van der Waals surface area (Å²) < 4.78 is 7.83. The zero-order chi connectivity index (χ0) is 14.4. The highest BCUT2D eigenvalue weighted by molar-refractivity contribution is 5.74. The van der Waals surface area contributed by atoms with Crippen molar-refractivity contribution in [1.82, 2.24) is 20.2 Å². The molecule has 1 saturated heterocycles. The largest absolute Gasteiger partial charge is 0.398 e. The zero-order valence-corrected chi connectivity index (χ0v) is 12.1. The summed E-state index contributed by atoms with van der Waals surface area (Å²) in [5.74, 6) is 1.42. The Morgan fingerprint density at radius 3 is 2.95 bits per heavy atom. The van der Waals surface area contributed by atoms with Crippen LogP contribution in [0.4, 0.5) is 5.69 Å². The fourth-order valence-electron chi connectivity index (χ4n) is 3.21. The van der Waals surface area contributed by atoms with Gasteiger partial charge in [-0.1, -0.05) is 12.1 Å². The number of aryl methyl sites for hydroxylation is 1. The molecule has 6 heteroatoms. The van der Waals surface area contributed by atoms with Crippen LogP contribution in [0, 0.1) is 12.8 Å². The number of benzene rings is 1. The molecule has 1 saturated carbocycles. The van der Waals surface area contributed by atoms with Crippen LogP contribution in [0.5, 0.6) is 0 Å². The molecule has 4 rings (SSSR count). The van der Waals surface area contributed by atoms with Crippen molar-refractivity contribution in [3.63, 3.8) is 0 Å². The highest BCUT2D eigenvalue weighted by atomic mass is 16.5. The number of aromatic nitrogens is 4. The maximum Gasteiger partial charge on any atom is 0.184 e. The number of para-hydroxylation sites is 1. The molecule has 2 unspecified atom stereocenters. The number of ether oxygens (including phenoxy) is 1. The Balaban J connectivity index is 1.75. The third-order valence-electron chi connectivity index (χ3n) is 4.56. The Bertz CT molecular complexity index is 664. The smallest absolute Gasteiger partial charge is 0.184 e. The van der Waals surface area contributed by atoms with Gasteiger partial charge in [0.25, 0.3) is 0 Å². The van der Waals surface area contributed by atoms with Gasteiger partial charge < -0.3 is 10.5 Å². The van der Waals surface area contributed by atoms with E-state index in [1.54, 1.807) is 0 Å². The van der Waals surface area contributed by atoms with Crippen molar-refractivity contribution < 1.29 is 4.74 Å². The van der Waals surface area contributed by atoms with Crippen LogP contribution in [-0.2, 0) is 4.74 Å². The standard InChI is InChI=1S/C15H19N5O/c1-9-3-2-4-11(13(9)16)15-17-18-19-20(15)12-7-8-21-14(12)10-5-6-10/h2-4,10,12,14H,5-8,16H2,1H3. The molecule has 2 N–H and O–H groups in total. The molecule has 1 aliphatic heterocycles. The maximum absolute atomic E-state index is 6.21. The van der Waals surface area contributed by atoms with E-state index in [1.807, 2.05) is 29.8 Å². The van der Waals surface area contributed by atoms with E-state index in [9.17, 15) is 0 Å². The Labute approximate surface area is 123 Å². The molecule has 0 radical (unpaired) electrons. The molecule has 6 nitrogen and oxygen atoms in total. The monoisotopic (exact) mass is 285 g/mol. The molecule has 2 atom stereocenters. The molecule has 110 valence electrons. The molecule has 1 aliphatic carbocycles. The SMILES string of the molecule is Cc1cccc(-c2nnnn2C2CCOC2C2CC2)c1N. The molecule has 21 heavy (non-hydrogen) atoms. The Morgan fingerprint density at radius 1 is 1.29 bits per heavy atom. The van der Waals surface area contributed by atoms with Crippen molar-refractivity contribution >= 4 is 5.69 Å². The van der Waals surface area contributed by atoms with Crippen molar-refractivity contribution in [2.24, 2.45) is 5.92 Å². The van der Waals surface area contributed by atoms with Gasteiger partial charge >= 0.3 is 0 Å². The molecule has 2 aromatic rings. The average molecular weight is 285 g/mol. The first kappa shape index (κ1) is 12.8. The molecule has 1 aromatic heterocycles. The number of hydrogen-bond acceptors (Lipinski definition) is 5. The van der Waals surface area contributed by atoms with Gasteiger partial charge in [0, 0.05) is 17.9 Å². The second-order valence-corrected chi connectivity index (χ2v) is 6.01. The van der Waals surface area contributed by atoms with Crippen LogP contribution in [-0.4, -0.2) is 32.9 Å². The molecular weight excluding hydrogens is 266 g/mol. The first-order valence-corrected chi connectivity index (χ1v) is 7.50. The van der Waals surface area contributed by atoms with Gasteiger partial charge in [-0.15, -0.1) is 5.10 Å². The minimum Gasteiger partial charge on any atom is -0.398 e. The summed E-state index contributed by atoms with van der Waals surface area (Å²) in [5, 5.41) is 12.3. The summed E-state index contributed by atoms with van der Waals surface area (Å²) in [6, 6.07) is 6.19. The van der Waals surface area contributed by atoms with E-state index < -0.39 is 0 Å². The van der Waals surface area contributed by atoms with Gasteiger partial charge in [0.15, 0.2) is 5.82 Å². The quantitative estimate of drug-likeness (QED) is 0.872. The topological polar surface area (TPSA) is 78.8 Å². The van der Waals surface area contributed by atoms with E-state index in [2.05, 4.69) is 15.5 Å².